The van der Waals surface area contributed by atoms with E-state index in [4.69, 9.17) is 4.42 Å². The minimum absolute atomic E-state index is 0.317. The topological polar surface area (TPSA) is 38.9 Å². The van der Waals surface area contributed by atoms with Gasteiger partial charge in [0.05, 0.1) is 6.20 Å². The second-order valence-electron chi connectivity index (χ2n) is 4.44. The molecule has 0 saturated carbocycles. The lowest BCUT2D eigenvalue weighted by Crippen LogP contribution is -1.88. The Morgan fingerprint density at radius 3 is 2.40 bits per heavy atom. The zero-order chi connectivity index (χ0) is 11.0. The van der Waals surface area contributed by atoms with Gasteiger partial charge in [-0.1, -0.05) is 27.7 Å². The highest BCUT2D eigenvalue weighted by Gasteiger charge is 2.14. The molecule has 0 saturated heterocycles. The summed E-state index contributed by atoms with van der Waals surface area (Å²) in [5.74, 6) is 1.52. The highest BCUT2D eigenvalue weighted by Crippen LogP contribution is 2.27. The first kappa shape index (κ1) is 10.1. The van der Waals surface area contributed by atoms with Gasteiger partial charge in [0.25, 0.3) is 0 Å². The summed E-state index contributed by atoms with van der Waals surface area (Å²) in [6.07, 6.45) is 3.62. The average molecular weight is 204 g/mol. The van der Waals surface area contributed by atoms with Crippen molar-refractivity contribution in [2.45, 2.75) is 39.5 Å². The van der Waals surface area contributed by atoms with Crippen LogP contribution in [0.4, 0.5) is 0 Å². The molecule has 0 bridgehead atoms. The lowest BCUT2D eigenvalue weighted by molar-refractivity contribution is 0.498. The molecule has 0 aliphatic rings. The number of pyridine rings is 1. The van der Waals surface area contributed by atoms with Crippen LogP contribution in [0.25, 0.3) is 11.1 Å². The Kier molecular flexibility index (Phi) is 2.47. The summed E-state index contributed by atoms with van der Waals surface area (Å²) in [6, 6.07) is 0. The summed E-state index contributed by atoms with van der Waals surface area (Å²) in [4.78, 5) is 8.61. The predicted octanol–water partition coefficient (Wildman–Crippen LogP) is 3.47. The van der Waals surface area contributed by atoms with Gasteiger partial charge in [0.15, 0.2) is 11.5 Å². The molecule has 0 fully saturated rings. The van der Waals surface area contributed by atoms with Gasteiger partial charge >= 0.3 is 0 Å². The summed E-state index contributed by atoms with van der Waals surface area (Å²) in [7, 11) is 0. The molecule has 0 spiro atoms. The first-order valence-corrected chi connectivity index (χ1v) is 5.34. The van der Waals surface area contributed by atoms with Gasteiger partial charge in [-0.2, -0.15) is 0 Å². The van der Waals surface area contributed by atoms with E-state index in [1.807, 2.05) is 6.20 Å². The third kappa shape index (κ3) is 1.74. The first-order valence-electron chi connectivity index (χ1n) is 5.34. The first-order chi connectivity index (χ1) is 7.09. The van der Waals surface area contributed by atoms with Crippen molar-refractivity contribution in [3.05, 3.63) is 23.8 Å². The van der Waals surface area contributed by atoms with Crippen LogP contribution in [0.1, 0.15) is 51.0 Å². The molecular weight excluding hydrogens is 188 g/mol. The maximum atomic E-state index is 5.77. The average Bonchev–Trinajstić information content (AvgIpc) is 2.60. The van der Waals surface area contributed by atoms with E-state index < -0.39 is 0 Å². The lowest BCUT2D eigenvalue weighted by atomic mass is 10.1. The Bertz CT molecular complexity index is 471. The Morgan fingerprint density at radius 2 is 1.80 bits per heavy atom. The van der Waals surface area contributed by atoms with Crippen LogP contribution in [0.5, 0.6) is 0 Å². The van der Waals surface area contributed by atoms with Crippen LogP contribution in [-0.2, 0) is 0 Å². The van der Waals surface area contributed by atoms with Gasteiger partial charge in [-0.15, -0.1) is 0 Å². The standard InChI is InChI=1S/C12H16N2O/c1-7(2)9-5-13-6-10-11(9)15-12(14-10)8(3)4/h5-8H,1-4H3. The van der Waals surface area contributed by atoms with E-state index in [1.54, 1.807) is 6.20 Å². The molecule has 0 aliphatic carbocycles. The smallest absolute Gasteiger partial charge is 0.198 e. The monoisotopic (exact) mass is 204 g/mol. The molecule has 0 radical (unpaired) electrons. The molecule has 3 nitrogen and oxygen atoms in total. The minimum atomic E-state index is 0.317. The van der Waals surface area contributed by atoms with Crippen LogP contribution in [0, 0.1) is 0 Å². The molecular formula is C12H16N2O. The third-order valence-electron chi connectivity index (χ3n) is 2.46. The van der Waals surface area contributed by atoms with Crippen LogP contribution < -0.4 is 0 Å². The van der Waals surface area contributed by atoms with Crippen molar-refractivity contribution < 1.29 is 4.42 Å². The number of rotatable bonds is 2. The largest absolute Gasteiger partial charge is 0.440 e. The van der Waals surface area contributed by atoms with Gasteiger partial charge < -0.3 is 4.42 Å². The highest BCUT2D eigenvalue weighted by atomic mass is 16.3. The quantitative estimate of drug-likeness (QED) is 0.751. The molecule has 15 heavy (non-hydrogen) atoms. The fraction of sp³-hybridized carbons (Fsp3) is 0.500. The van der Waals surface area contributed by atoms with E-state index in [1.165, 1.54) is 0 Å². The number of aromatic nitrogens is 2. The van der Waals surface area contributed by atoms with E-state index in [0.29, 0.717) is 11.8 Å². The van der Waals surface area contributed by atoms with E-state index >= 15 is 0 Å². The van der Waals surface area contributed by atoms with Crippen LogP contribution in [0.15, 0.2) is 16.8 Å². The van der Waals surface area contributed by atoms with Crippen LogP contribution in [0.3, 0.4) is 0 Å². The Labute approximate surface area is 89.5 Å². The molecule has 2 aromatic rings. The second-order valence-corrected chi connectivity index (χ2v) is 4.44. The van der Waals surface area contributed by atoms with Gasteiger partial charge in [0.1, 0.15) is 5.52 Å². The van der Waals surface area contributed by atoms with Crippen molar-refractivity contribution in [3.63, 3.8) is 0 Å². The molecule has 0 aromatic carbocycles. The number of hydrogen-bond donors (Lipinski definition) is 0. The zero-order valence-corrected chi connectivity index (χ0v) is 9.61. The molecule has 0 aliphatic heterocycles. The fourth-order valence-corrected chi connectivity index (χ4v) is 1.55. The van der Waals surface area contributed by atoms with E-state index in [-0.39, 0.29) is 0 Å². The Hall–Kier alpha value is -1.38. The number of fused-ring (bicyclic) bond motifs is 1. The lowest BCUT2D eigenvalue weighted by Gasteiger charge is -2.03. The van der Waals surface area contributed by atoms with Crippen molar-refractivity contribution >= 4 is 11.1 Å². The molecule has 80 valence electrons. The summed E-state index contributed by atoms with van der Waals surface area (Å²) >= 11 is 0. The van der Waals surface area contributed by atoms with Gasteiger partial charge in [-0.25, -0.2) is 4.98 Å². The van der Waals surface area contributed by atoms with Gasteiger partial charge in [-0.05, 0) is 5.92 Å². The second kappa shape index (κ2) is 3.65. The Balaban J connectivity index is 2.64. The fourth-order valence-electron chi connectivity index (χ4n) is 1.55. The van der Waals surface area contributed by atoms with Crippen LogP contribution in [-0.4, -0.2) is 9.97 Å². The van der Waals surface area contributed by atoms with Crippen molar-refractivity contribution in [2.75, 3.05) is 0 Å². The Morgan fingerprint density at radius 1 is 1.07 bits per heavy atom. The van der Waals surface area contributed by atoms with E-state index in [2.05, 4.69) is 37.7 Å². The van der Waals surface area contributed by atoms with Crippen LogP contribution >= 0.6 is 0 Å². The van der Waals surface area contributed by atoms with Crippen LogP contribution in [0.2, 0.25) is 0 Å². The predicted molar refractivity (Wildman–Crippen MR) is 60.0 cm³/mol. The molecule has 0 atom stereocenters. The number of hydrogen-bond acceptors (Lipinski definition) is 3. The molecule has 2 heterocycles. The molecule has 3 heteroatoms. The van der Waals surface area contributed by atoms with E-state index in [0.717, 1.165) is 22.6 Å². The molecule has 2 aromatic heterocycles. The number of nitrogens with zero attached hydrogens (tertiary/aromatic N) is 2. The summed E-state index contributed by atoms with van der Waals surface area (Å²) < 4.78 is 5.77. The number of oxazole rings is 1. The SMILES string of the molecule is CC(C)c1nc2cncc(C(C)C)c2o1. The normalized spacial score (nSPS) is 11.9. The van der Waals surface area contributed by atoms with Crippen molar-refractivity contribution in [2.24, 2.45) is 0 Å². The molecule has 0 N–H and O–H groups in total. The molecule has 2 rings (SSSR count). The highest BCUT2D eigenvalue weighted by molar-refractivity contribution is 5.75. The van der Waals surface area contributed by atoms with Crippen molar-refractivity contribution in [1.82, 2.24) is 9.97 Å². The van der Waals surface area contributed by atoms with Gasteiger partial charge in [0.2, 0.25) is 0 Å². The summed E-state index contributed by atoms with van der Waals surface area (Å²) in [5.41, 5.74) is 2.89. The summed E-state index contributed by atoms with van der Waals surface area (Å²) in [6.45, 7) is 8.42. The molecule has 0 unspecified atom stereocenters. The van der Waals surface area contributed by atoms with Gasteiger partial charge in [-0.3, -0.25) is 4.98 Å². The maximum Gasteiger partial charge on any atom is 0.198 e. The van der Waals surface area contributed by atoms with Crippen molar-refractivity contribution in [1.29, 1.82) is 0 Å². The van der Waals surface area contributed by atoms with Gasteiger partial charge in [0, 0.05) is 17.7 Å². The third-order valence-corrected chi connectivity index (χ3v) is 2.46. The van der Waals surface area contributed by atoms with Crippen molar-refractivity contribution in [3.8, 4) is 0 Å². The minimum Gasteiger partial charge on any atom is -0.440 e. The van der Waals surface area contributed by atoms with E-state index in [9.17, 15) is 0 Å². The summed E-state index contributed by atoms with van der Waals surface area (Å²) in [5, 5.41) is 0. The molecule has 0 amide bonds. The maximum absolute atomic E-state index is 5.77. The zero-order valence-electron chi connectivity index (χ0n) is 9.61.